The van der Waals surface area contributed by atoms with Gasteiger partial charge in [-0.25, -0.2) is 8.42 Å². The van der Waals surface area contributed by atoms with Crippen molar-refractivity contribution in [2.75, 3.05) is 10.5 Å². The molecule has 0 unspecified atom stereocenters. The van der Waals surface area contributed by atoms with Crippen LogP contribution in [0.2, 0.25) is 0 Å². The minimum atomic E-state index is -4.18. The number of rotatable bonds is 4. The Morgan fingerprint density at radius 1 is 1.37 bits per heavy atom. The summed E-state index contributed by atoms with van der Waals surface area (Å²) in [6.07, 6.45) is 1.16. The van der Waals surface area contributed by atoms with Gasteiger partial charge >= 0.3 is 0 Å². The molecule has 0 amide bonds. The summed E-state index contributed by atoms with van der Waals surface area (Å²) >= 11 is 0. The third-order valence-corrected chi connectivity index (χ3v) is 3.53. The van der Waals surface area contributed by atoms with E-state index in [4.69, 9.17) is 5.73 Å². The van der Waals surface area contributed by atoms with Gasteiger partial charge in [0.25, 0.3) is 15.7 Å². The van der Waals surface area contributed by atoms with Gasteiger partial charge in [-0.1, -0.05) is 5.16 Å². The Morgan fingerprint density at radius 3 is 2.68 bits per heavy atom. The minimum Gasteiger partial charge on any atom is -0.399 e. The van der Waals surface area contributed by atoms with Gasteiger partial charge in [0.1, 0.15) is 6.26 Å². The Morgan fingerprint density at radius 2 is 2.11 bits per heavy atom. The molecule has 0 bridgehead atoms. The second kappa shape index (κ2) is 4.57. The highest BCUT2D eigenvalue weighted by atomic mass is 32.2. The van der Waals surface area contributed by atoms with E-state index in [0.717, 1.165) is 18.4 Å². The maximum absolute atomic E-state index is 12.0. The lowest BCUT2D eigenvalue weighted by atomic mass is 10.3. The molecule has 0 aliphatic heterocycles. The number of aromatic nitrogens is 1. The predicted molar refractivity (Wildman–Crippen MR) is 64.8 cm³/mol. The van der Waals surface area contributed by atoms with Crippen molar-refractivity contribution < 1.29 is 17.9 Å². The molecule has 0 saturated carbocycles. The van der Waals surface area contributed by atoms with Crippen molar-refractivity contribution in [1.29, 1.82) is 0 Å². The first-order valence-corrected chi connectivity index (χ1v) is 6.35. The normalized spacial score (nSPS) is 11.2. The largest absolute Gasteiger partial charge is 0.399 e. The van der Waals surface area contributed by atoms with Crippen LogP contribution >= 0.6 is 0 Å². The number of sulfonamides is 1. The summed E-state index contributed by atoms with van der Waals surface area (Å²) in [5.74, 6) is -0.0864. The summed E-state index contributed by atoms with van der Waals surface area (Å²) in [7, 11) is -4.18. The van der Waals surface area contributed by atoms with E-state index in [0.29, 0.717) is 0 Å². The highest BCUT2D eigenvalue weighted by molar-refractivity contribution is 7.92. The SMILES string of the molecule is Nc1ccc([N+](=O)[O-])c(S(=O)(=O)Nc2ccon2)c1. The van der Waals surface area contributed by atoms with Crippen molar-refractivity contribution in [3.05, 3.63) is 40.6 Å². The Hall–Kier alpha value is -2.62. The highest BCUT2D eigenvalue weighted by Crippen LogP contribution is 2.27. The molecule has 0 atom stereocenters. The van der Waals surface area contributed by atoms with Crippen LogP contribution in [0.15, 0.2) is 39.9 Å². The van der Waals surface area contributed by atoms with E-state index in [1.54, 1.807) is 0 Å². The third-order valence-electron chi connectivity index (χ3n) is 2.15. The maximum atomic E-state index is 12.0. The number of anilines is 2. The number of hydrogen-bond acceptors (Lipinski definition) is 7. The lowest BCUT2D eigenvalue weighted by Gasteiger charge is -2.06. The molecule has 2 rings (SSSR count). The summed E-state index contributed by atoms with van der Waals surface area (Å²) in [6.45, 7) is 0. The van der Waals surface area contributed by atoms with Crippen LogP contribution in [0.4, 0.5) is 17.2 Å². The number of hydrogen-bond donors (Lipinski definition) is 2. The Balaban J connectivity index is 2.50. The van der Waals surface area contributed by atoms with Crippen LogP contribution in [-0.4, -0.2) is 18.5 Å². The van der Waals surface area contributed by atoms with Crippen LogP contribution < -0.4 is 10.5 Å². The molecule has 0 aliphatic carbocycles. The Kier molecular flexibility index (Phi) is 3.09. The van der Waals surface area contributed by atoms with Gasteiger partial charge in [0.05, 0.1) is 4.92 Å². The molecule has 100 valence electrons. The van der Waals surface area contributed by atoms with Gasteiger partial charge in [-0.15, -0.1) is 0 Å². The van der Waals surface area contributed by atoms with E-state index >= 15 is 0 Å². The number of nitrogen functional groups attached to an aromatic ring is 1. The predicted octanol–water partition coefficient (Wildman–Crippen LogP) is 0.966. The lowest BCUT2D eigenvalue weighted by molar-refractivity contribution is -0.387. The fourth-order valence-corrected chi connectivity index (χ4v) is 2.55. The Labute approximate surface area is 107 Å². The molecule has 9 nitrogen and oxygen atoms in total. The number of nitro groups is 1. The summed E-state index contributed by atoms with van der Waals surface area (Å²) in [4.78, 5) is 9.47. The zero-order valence-electron chi connectivity index (χ0n) is 9.31. The second-order valence-electron chi connectivity index (χ2n) is 3.47. The van der Waals surface area contributed by atoms with Crippen molar-refractivity contribution in [3.63, 3.8) is 0 Å². The van der Waals surface area contributed by atoms with E-state index < -0.39 is 25.5 Å². The van der Waals surface area contributed by atoms with Crippen LogP contribution in [0.25, 0.3) is 0 Å². The van der Waals surface area contributed by atoms with Crippen molar-refractivity contribution in [2.24, 2.45) is 0 Å². The second-order valence-corrected chi connectivity index (χ2v) is 5.13. The first-order valence-electron chi connectivity index (χ1n) is 4.87. The molecule has 3 N–H and O–H groups in total. The highest BCUT2D eigenvalue weighted by Gasteiger charge is 2.26. The standard InChI is InChI=1S/C9H8N4O5S/c10-6-1-2-7(13(14)15)8(5-6)19(16,17)12-9-3-4-18-11-9/h1-5H,10H2,(H,11,12). The van der Waals surface area contributed by atoms with Gasteiger partial charge in [0.2, 0.25) is 0 Å². The summed E-state index contributed by atoms with van der Waals surface area (Å²) < 4.78 is 30.6. The number of nitro benzene ring substituents is 1. The van der Waals surface area contributed by atoms with Gasteiger partial charge in [0, 0.05) is 17.8 Å². The molecule has 0 spiro atoms. The van der Waals surface area contributed by atoms with Gasteiger partial charge in [-0.05, 0) is 12.1 Å². The number of nitrogens with one attached hydrogen (secondary N) is 1. The number of nitrogens with zero attached hydrogens (tertiary/aromatic N) is 2. The van der Waals surface area contributed by atoms with E-state index in [-0.39, 0.29) is 11.5 Å². The molecular weight excluding hydrogens is 276 g/mol. The van der Waals surface area contributed by atoms with Crippen molar-refractivity contribution in [3.8, 4) is 0 Å². The molecule has 1 aromatic carbocycles. The first kappa shape index (κ1) is 12.8. The quantitative estimate of drug-likeness (QED) is 0.483. The average molecular weight is 284 g/mol. The lowest BCUT2D eigenvalue weighted by Crippen LogP contribution is -2.15. The minimum absolute atomic E-state index is 0.0864. The van der Waals surface area contributed by atoms with Gasteiger partial charge < -0.3 is 10.3 Å². The first-order chi connectivity index (χ1) is 8.90. The molecule has 0 radical (unpaired) electrons. The molecule has 10 heteroatoms. The molecular formula is C9H8N4O5S. The fraction of sp³-hybridized carbons (Fsp3) is 0. The smallest absolute Gasteiger partial charge is 0.290 e. The van der Waals surface area contributed by atoms with Gasteiger partial charge in [-0.3, -0.25) is 14.8 Å². The molecule has 1 heterocycles. The molecule has 2 aromatic rings. The van der Waals surface area contributed by atoms with Crippen LogP contribution in [0.1, 0.15) is 0 Å². The van der Waals surface area contributed by atoms with Gasteiger partial charge in [0.15, 0.2) is 10.7 Å². The summed E-state index contributed by atoms with van der Waals surface area (Å²) in [6, 6.07) is 4.52. The number of benzene rings is 1. The van der Waals surface area contributed by atoms with Crippen molar-refractivity contribution in [1.82, 2.24) is 5.16 Å². The zero-order valence-corrected chi connectivity index (χ0v) is 10.1. The molecule has 0 aliphatic rings. The van der Waals surface area contributed by atoms with Crippen LogP contribution in [-0.2, 0) is 10.0 Å². The average Bonchev–Trinajstić information content (AvgIpc) is 2.80. The third kappa shape index (κ3) is 2.63. The Bertz CT molecular complexity index is 710. The number of nitrogens with two attached hydrogens (primary N) is 1. The summed E-state index contributed by atoms with van der Waals surface area (Å²) in [5.41, 5.74) is 4.96. The summed E-state index contributed by atoms with van der Waals surface area (Å²) in [5, 5.41) is 14.2. The molecule has 0 fully saturated rings. The van der Waals surface area contributed by atoms with E-state index in [9.17, 15) is 18.5 Å². The van der Waals surface area contributed by atoms with Crippen LogP contribution in [0, 0.1) is 10.1 Å². The van der Waals surface area contributed by atoms with Crippen LogP contribution in [0.5, 0.6) is 0 Å². The van der Waals surface area contributed by atoms with Crippen molar-refractivity contribution in [2.45, 2.75) is 4.90 Å². The maximum Gasteiger partial charge on any atom is 0.290 e. The van der Waals surface area contributed by atoms with E-state index in [2.05, 4.69) is 9.68 Å². The zero-order chi connectivity index (χ0) is 14.0. The molecule has 1 aromatic heterocycles. The van der Waals surface area contributed by atoms with E-state index in [1.165, 1.54) is 12.1 Å². The monoisotopic (exact) mass is 284 g/mol. The van der Waals surface area contributed by atoms with Crippen molar-refractivity contribution >= 4 is 27.2 Å². The topological polar surface area (TPSA) is 141 Å². The molecule has 0 saturated heterocycles. The fourth-order valence-electron chi connectivity index (χ4n) is 1.35. The van der Waals surface area contributed by atoms with Crippen LogP contribution in [0.3, 0.4) is 0 Å². The van der Waals surface area contributed by atoms with Gasteiger partial charge in [-0.2, -0.15) is 0 Å². The van der Waals surface area contributed by atoms with E-state index in [1.807, 2.05) is 4.72 Å². The molecule has 19 heavy (non-hydrogen) atoms.